The zero-order chi connectivity index (χ0) is 26.0. The molecule has 0 aromatic heterocycles. The lowest BCUT2D eigenvalue weighted by Crippen LogP contribution is -2.27. The third-order valence-corrected chi connectivity index (χ3v) is 8.11. The average Bonchev–Trinajstić information content (AvgIpc) is 3.08. The number of anilines is 1. The number of thioether (sulfide) groups is 1. The van der Waals surface area contributed by atoms with E-state index >= 15 is 0 Å². The molecule has 3 aromatic rings. The van der Waals surface area contributed by atoms with Gasteiger partial charge < -0.3 is 9.47 Å². The SMILES string of the molecule is CCOc1cc(/C=C2\SC(=S)N(c3ccc(Cl)cc3Cl)C2=O)cc(Br)c1OCc1ccc(Cl)c(Cl)c1. The molecule has 1 aliphatic heterocycles. The first-order valence-electron chi connectivity index (χ1n) is 10.4. The molecular formula is C25H16BrCl4NO3S2. The van der Waals surface area contributed by atoms with Crippen LogP contribution in [0.4, 0.5) is 5.69 Å². The van der Waals surface area contributed by atoms with Gasteiger partial charge in [0, 0.05) is 5.02 Å². The lowest BCUT2D eigenvalue weighted by molar-refractivity contribution is -0.113. The van der Waals surface area contributed by atoms with E-state index in [-0.39, 0.29) is 12.5 Å². The zero-order valence-electron chi connectivity index (χ0n) is 18.5. The average molecular weight is 664 g/mol. The summed E-state index contributed by atoms with van der Waals surface area (Å²) in [6, 6.07) is 13.9. The second kappa shape index (κ2) is 11.9. The Morgan fingerprint density at radius 3 is 2.47 bits per heavy atom. The molecule has 0 bridgehead atoms. The Labute approximate surface area is 246 Å². The lowest BCUT2D eigenvalue weighted by atomic mass is 10.1. The quantitative estimate of drug-likeness (QED) is 0.186. The van der Waals surface area contributed by atoms with Crippen molar-refractivity contribution in [2.45, 2.75) is 13.5 Å². The van der Waals surface area contributed by atoms with Crippen molar-refractivity contribution >= 4 is 108 Å². The highest BCUT2D eigenvalue weighted by molar-refractivity contribution is 9.10. The normalized spacial score (nSPS) is 14.6. The number of ether oxygens (including phenoxy) is 2. The zero-order valence-corrected chi connectivity index (χ0v) is 24.7. The maximum Gasteiger partial charge on any atom is 0.270 e. The van der Waals surface area contributed by atoms with E-state index in [0.29, 0.717) is 57.6 Å². The standard InChI is InChI=1S/C25H16BrCl4NO3S2/c1-2-33-21-9-14(7-16(26)23(21)34-12-13-3-5-17(28)18(29)8-13)10-22-24(32)31(25(35)36-22)20-6-4-15(27)11-19(20)30/h3-11H,2,12H2,1H3/b22-10-. The predicted octanol–water partition coefficient (Wildman–Crippen LogP) is 9.45. The van der Waals surface area contributed by atoms with Crippen LogP contribution in [0.15, 0.2) is 57.9 Å². The second-order valence-corrected chi connectivity index (χ2v) is 11.6. The van der Waals surface area contributed by atoms with Crippen molar-refractivity contribution in [2.75, 3.05) is 11.5 Å². The molecule has 1 heterocycles. The number of hydrogen-bond donors (Lipinski definition) is 0. The van der Waals surface area contributed by atoms with E-state index in [0.717, 1.165) is 11.1 Å². The van der Waals surface area contributed by atoms with Crippen molar-refractivity contribution in [2.24, 2.45) is 0 Å². The van der Waals surface area contributed by atoms with Gasteiger partial charge in [-0.15, -0.1) is 0 Å². The van der Waals surface area contributed by atoms with E-state index in [1.165, 1.54) is 16.7 Å². The van der Waals surface area contributed by atoms with Crippen molar-refractivity contribution in [1.82, 2.24) is 0 Å². The van der Waals surface area contributed by atoms with Crippen LogP contribution in [0.25, 0.3) is 6.08 Å². The maximum absolute atomic E-state index is 13.2. The van der Waals surface area contributed by atoms with Gasteiger partial charge in [-0.25, -0.2) is 0 Å². The predicted molar refractivity (Wildman–Crippen MR) is 158 cm³/mol. The van der Waals surface area contributed by atoms with Crippen LogP contribution in [-0.4, -0.2) is 16.8 Å². The molecule has 0 spiro atoms. The topological polar surface area (TPSA) is 38.8 Å². The number of hydrogen-bond acceptors (Lipinski definition) is 5. The Bertz CT molecular complexity index is 1400. The highest BCUT2D eigenvalue weighted by Crippen LogP contribution is 2.42. The van der Waals surface area contributed by atoms with Gasteiger partial charge in [-0.2, -0.15) is 0 Å². The number of rotatable bonds is 7. The molecule has 0 unspecified atom stereocenters. The molecule has 11 heteroatoms. The lowest BCUT2D eigenvalue weighted by Gasteiger charge is -2.16. The van der Waals surface area contributed by atoms with Gasteiger partial charge in [0.1, 0.15) is 6.61 Å². The summed E-state index contributed by atoms with van der Waals surface area (Å²) in [7, 11) is 0. The first-order valence-corrected chi connectivity index (χ1v) is 14.0. The summed E-state index contributed by atoms with van der Waals surface area (Å²) >= 11 is 34.6. The Morgan fingerprint density at radius 1 is 1.00 bits per heavy atom. The summed E-state index contributed by atoms with van der Waals surface area (Å²) in [5, 5.41) is 1.74. The number of carbonyl (C=O) groups is 1. The molecule has 1 aliphatic rings. The Hall–Kier alpha value is -1.45. The molecule has 36 heavy (non-hydrogen) atoms. The fraction of sp³-hybridized carbons (Fsp3) is 0.120. The van der Waals surface area contributed by atoms with Crippen molar-refractivity contribution in [1.29, 1.82) is 0 Å². The van der Waals surface area contributed by atoms with E-state index < -0.39 is 0 Å². The summed E-state index contributed by atoms with van der Waals surface area (Å²) in [6.07, 6.45) is 1.75. The third-order valence-electron chi connectivity index (χ3n) is 4.94. The summed E-state index contributed by atoms with van der Waals surface area (Å²) in [4.78, 5) is 15.1. The first-order chi connectivity index (χ1) is 17.2. The molecule has 0 aliphatic carbocycles. The van der Waals surface area contributed by atoms with Gasteiger partial charge in [-0.05, 0) is 82.5 Å². The largest absolute Gasteiger partial charge is 0.490 e. The van der Waals surface area contributed by atoms with Crippen molar-refractivity contribution < 1.29 is 14.3 Å². The molecule has 1 fully saturated rings. The van der Waals surface area contributed by atoms with Crippen molar-refractivity contribution in [3.63, 3.8) is 0 Å². The second-order valence-electron chi connectivity index (χ2n) is 7.41. The van der Waals surface area contributed by atoms with E-state index in [1.807, 2.05) is 19.1 Å². The number of thiocarbonyl (C=S) groups is 1. The summed E-state index contributed by atoms with van der Waals surface area (Å²) in [6.45, 7) is 2.57. The van der Waals surface area contributed by atoms with Crippen LogP contribution in [0, 0.1) is 0 Å². The number of carbonyl (C=O) groups excluding carboxylic acids is 1. The molecule has 0 N–H and O–H groups in total. The molecular weight excluding hydrogens is 648 g/mol. The summed E-state index contributed by atoms with van der Waals surface area (Å²) < 4.78 is 12.9. The number of amides is 1. The van der Waals surface area contributed by atoms with Gasteiger partial charge in [0.05, 0.1) is 36.7 Å². The highest BCUT2D eigenvalue weighted by Gasteiger charge is 2.34. The molecule has 186 valence electrons. The van der Waals surface area contributed by atoms with Gasteiger partial charge in [0.25, 0.3) is 5.91 Å². The Morgan fingerprint density at radius 2 is 1.78 bits per heavy atom. The Kier molecular flexibility index (Phi) is 9.15. The fourth-order valence-electron chi connectivity index (χ4n) is 3.35. The van der Waals surface area contributed by atoms with Crippen LogP contribution >= 0.6 is 86.3 Å². The molecule has 4 nitrogen and oxygen atoms in total. The van der Waals surface area contributed by atoms with Crippen LogP contribution in [0.1, 0.15) is 18.1 Å². The highest BCUT2D eigenvalue weighted by atomic mass is 79.9. The molecule has 1 amide bonds. The fourth-order valence-corrected chi connectivity index (χ4v) is 6.02. The van der Waals surface area contributed by atoms with Gasteiger partial charge in [-0.1, -0.05) is 76.4 Å². The van der Waals surface area contributed by atoms with E-state index in [4.69, 9.17) is 68.1 Å². The van der Waals surface area contributed by atoms with E-state index in [9.17, 15) is 4.79 Å². The summed E-state index contributed by atoms with van der Waals surface area (Å²) in [5.41, 5.74) is 2.07. The minimum absolute atomic E-state index is 0.259. The van der Waals surface area contributed by atoms with E-state index in [1.54, 1.807) is 42.5 Å². The Balaban J connectivity index is 1.61. The van der Waals surface area contributed by atoms with Gasteiger partial charge >= 0.3 is 0 Å². The van der Waals surface area contributed by atoms with Crippen LogP contribution in [0.2, 0.25) is 20.1 Å². The van der Waals surface area contributed by atoms with E-state index in [2.05, 4.69) is 15.9 Å². The molecule has 4 rings (SSSR count). The monoisotopic (exact) mass is 661 g/mol. The van der Waals surface area contributed by atoms with Gasteiger partial charge in [0.2, 0.25) is 0 Å². The van der Waals surface area contributed by atoms with Crippen LogP contribution in [0.3, 0.4) is 0 Å². The first kappa shape index (κ1) is 27.6. The van der Waals surface area contributed by atoms with Crippen molar-refractivity contribution in [3.05, 3.63) is 89.1 Å². The third kappa shape index (κ3) is 6.16. The minimum atomic E-state index is -0.275. The molecule has 0 atom stereocenters. The molecule has 3 aromatic carbocycles. The molecule has 0 saturated carbocycles. The smallest absolute Gasteiger partial charge is 0.270 e. The van der Waals surface area contributed by atoms with Gasteiger partial charge in [0.15, 0.2) is 15.8 Å². The van der Waals surface area contributed by atoms with Crippen LogP contribution < -0.4 is 14.4 Å². The number of benzene rings is 3. The molecule has 0 radical (unpaired) electrons. The molecule has 1 saturated heterocycles. The summed E-state index contributed by atoms with van der Waals surface area (Å²) in [5.74, 6) is 0.776. The van der Waals surface area contributed by atoms with Crippen LogP contribution in [0.5, 0.6) is 11.5 Å². The minimum Gasteiger partial charge on any atom is -0.490 e. The maximum atomic E-state index is 13.2. The number of nitrogens with zero attached hydrogens (tertiary/aromatic N) is 1. The van der Waals surface area contributed by atoms with Gasteiger partial charge in [-0.3, -0.25) is 9.69 Å². The van der Waals surface area contributed by atoms with Crippen molar-refractivity contribution in [3.8, 4) is 11.5 Å². The number of halogens is 5. The van der Waals surface area contributed by atoms with Crippen LogP contribution in [-0.2, 0) is 11.4 Å².